The van der Waals surface area contributed by atoms with E-state index in [-0.39, 0.29) is 23.7 Å². The van der Waals surface area contributed by atoms with E-state index in [1.165, 1.54) is 5.56 Å². The lowest BCUT2D eigenvalue weighted by Crippen LogP contribution is -2.53. The van der Waals surface area contributed by atoms with E-state index >= 15 is 0 Å². The standard InChI is InChI=1S/C18H27NO3/c1-13(15-10-8-7-9-11-15)14(2)22-16(20)19-17(3,4)12-21-18(19,5)6/h7-11,13-14H,12H2,1-6H3/t13-,14+/m0/s1. The zero-order chi connectivity index (χ0) is 16.5. The van der Waals surface area contributed by atoms with Gasteiger partial charge in [-0.3, -0.25) is 4.90 Å². The lowest BCUT2D eigenvalue weighted by molar-refractivity contribution is -0.0585. The van der Waals surface area contributed by atoms with Crippen LogP contribution in [0.2, 0.25) is 0 Å². The molecule has 1 aliphatic heterocycles. The minimum Gasteiger partial charge on any atom is -0.446 e. The molecule has 0 aliphatic carbocycles. The van der Waals surface area contributed by atoms with Crippen LogP contribution in [0.15, 0.2) is 30.3 Å². The third-order valence-corrected chi connectivity index (χ3v) is 4.42. The molecular weight excluding hydrogens is 278 g/mol. The molecule has 0 spiro atoms. The normalized spacial score (nSPS) is 22.2. The summed E-state index contributed by atoms with van der Waals surface area (Å²) >= 11 is 0. The van der Waals surface area contributed by atoms with Crippen molar-refractivity contribution in [1.82, 2.24) is 4.90 Å². The molecule has 1 aromatic rings. The van der Waals surface area contributed by atoms with Crippen LogP contribution in [-0.2, 0) is 9.47 Å². The Labute approximate surface area is 133 Å². The first-order valence-electron chi connectivity index (χ1n) is 7.85. The van der Waals surface area contributed by atoms with E-state index in [0.717, 1.165) is 0 Å². The average molecular weight is 305 g/mol. The quantitative estimate of drug-likeness (QED) is 0.841. The van der Waals surface area contributed by atoms with Gasteiger partial charge in [-0.15, -0.1) is 0 Å². The van der Waals surface area contributed by atoms with Gasteiger partial charge in [0.1, 0.15) is 11.8 Å². The van der Waals surface area contributed by atoms with Gasteiger partial charge in [-0.25, -0.2) is 4.79 Å². The van der Waals surface area contributed by atoms with Crippen molar-refractivity contribution >= 4 is 6.09 Å². The molecule has 0 N–H and O–H groups in total. The number of benzene rings is 1. The second kappa shape index (κ2) is 5.92. The number of hydrogen-bond acceptors (Lipinski definition) is 3. The Morgan fingerprint density at radius 1 is 1.18 bits per heavy atom. The zero-order valence-corrected chi connectivity index (χ0v) is 14.4. The lowest BCUT2D eigenvalue weighted by Gasteiger charge is -2.38. The van der Waals surface area contributed by atoms with Crippen molar-refractivity contribution in [1.29, 1.82) is 0 Å². The van der Waals surface area contributed by atoms with Crippen LogP contribution in [-0.4, -0.2) is 35.0 Å². The summed E-state index contributed by atoms with van der Waals surface area (Å²) in [6.07, 6.45) is -0.523. The highest BCUT2D eigenvalue weighted by atomic mass is 16.6. The lowest BCUT2D eigenvalue weighted by atomic mass is 9.96. The van der Waals surface area contributed by atoms with E-state index in [4.69, 9.17) is 9.47 Å². The number of rotatable bonds is 3. The van der Waals surface area contributed by atoms with Gasteiger partial charge in [0.2, 0.25) is 0 Å². The first kappa shape index (κ1) is 16.8. The molecule has 22 heavy (non-hydrogen) atoms. The number of hydrogen-bond donors (Lipinski definition) is 0. The average Bonchev–Trinajstić information content (AvgIpc) is 2.67. The Balaban J connectivity index is 2.08. The number of amides is 1. The molecule has 122 valence electrons. The molecule has 0 bridgehead atoms. The monoisotopic (exact) mass is 305 g/mol. The SMILES string of the molecule is C[C@H](c1ccccc1)[C@@H](C)OC(=O)N1C(C)(C)COC1(C)C. The summed E-state index contributed by atoms with van der Waals surface area (Å²) in [4.78, 5) is 14.3. The fourth-order valence-corrected chi connectivity index (χ4v) is 3.02. The van der Waals surface area contributed by atoms with E-state index in [1.54, 1.807) is 4.90 Å². The molecule has 1 aliphatic rings. The van der Waals surface area contributed by atoms with E-state index in [2.05, 4.69) is 19.1 Å². The van der Waals surface area contributed by atoms with Crippen molar-refractivity contribution in [3.63, 3.8) is 0 Å². The molecule has 4 heteroatoms. The maximum absolute atomic E-state index is 12.6. The van der Waals surface area contributed by atoms with Crippen molar-refractivity contribution in [2.24, 2.45) is 0 Å². The maximum atomic E-state index is 12.6. The highest BCUT2D eigenvalue weighted by Gasteiger charge is 2.50. The van der Waals surface area contributed by atoms with Crippen LogP contribution in [0.1, 0.15) is 53.0 Å². The molecule has 1 aromatic carbocycles. The molecule has 4 nitrogen and oxygen atoms in total. The molecule has 1 fully saturated rings. The van der Waals surface area contributed by atoms with Gasteiger partial charge in [0.25, 0.3) is 0 Å². The summed E-state index contributed by atoms with van der Waals surface area (Å²) in [6, 6.07) is 10.1. The van der Waals surface area contributed by atoms with Crippen molar-refractivity contribution in [3.05, 3.63) is 35.9 Å². The molecule has 1 heterocycles. The number of ether oxygens (including phenoxy) is 2. The van der Waals surface area contributed by atoms with Crippen molar-refractivity contribution in [3.8, 4) is 0 Å². The highest BCUT2D eigenvalue weighted by Crippen LogP contribution is 2.35. The molecule has 2 rings (SSSR count). The van der Waals surface area contributed by atoms with E-state index in [0.29, 0.717) is 6.61 Å². The number of nitrogens with zero attached hydrogens (tertiary/aromatic N) is 1. The summed E-state index contributed by atoms with van der Waals surface area (Å²) in [6.45, 7) is 12.3. The molecule has 0 aromatic heterocycles. The molecule has 0 saturated carbocycles. The van der Waals surface area contributed by atoms with Gasteiger partial charge < -0.3 is 9.47 Å². The first-order chi connectivity index (χ1) is 10.1. The first-order valence-corrected chi connectivity index (χ1v) is 7.85. The Morgan fingerprint density at radius 3 is 2.27 bits per heavy atom. The van der Waals surface area contributed by atoms with Gasteiger partial charge in [0, 0.05) is 5.92 Å². The minimum absolute atomic E-state index is 0.139. The minimum atomic E-state index is -0.643. The predicted molar refractivity (Wildman–Crippen MR) is 86.7 cm³/mol. The van der Waals surface area contributed by atoms with Gasteiger partial charge in [-0.1, -0.05) is 37.3 Å². The van der Waals surface area contributed by atoms with Crippen molar-refractivity contribution in [2.45, 2.75) is 64.8 Å². The summed E-state index contributed by atoms with van der Waals surface area (Å²) < 4.78 is 11.5. The molecule has 2 atom stereocenters. The summed E-state index contributed by atoms with van der Waals surface area (Å²) in [5.41, 5.74) is 0.158. The van der Waals surface area contributed by atoms with Gasteiger partial charge in [0.15, 0.2) is 0 Å². The third-order valence-electron chi connectivity index (χ3n) is 4.42. The molecule has 0 unspecified atom stereocenters. The zero-order valence-electron chi connectivity index (χ0n) is 14.4. The highest BCUT2D eigenvalue weighted by molar-refractivity contribution is 5.70. The van der Waals surface area contributed by atoms with Crippen LogP contribution in [0, 0.1) is 0 Å². The summed E-state index contributed by atoms with van der Waals surface area (Å²) in [5, 5.41) is 0. The summed E-state index contributed by atoms with van der Waals surface area (Å²) in [7, 11) is 0. The number of carbonyl (C=O) groups is 1. The Morgan fingerprint density at radius 2 is 1.77 bits per heavy atom. The van der Waals surface area contributed by atoms with Crippen LogP contribution in [0.5, 0.6) is 0 Å². The smallest absolute Gasteiger partial charge is 0.412 e. The van der Waals surface area contributed by atoms with Crippen molar-refractivity contribution < 1.29 is 14.3 Å². The fraction of sp³-hybridized carbons (Fsp3) is 0.611. The van der Waals surface area contributed by atoms with Crippen LogP contribution >= 0.6 is 0 Å². The van der Waals surface area contributed by atoms with E-state index in [9.17, 15) is 4.79 Å². The molecule has 0 radical (unpaired) electrons. The largest absolute Gasteiger partial charge is 0.446 e. The van der Waals surface area contributed by atoms with Crippen molar-refractivity contribution in [2.75, 3.05) is 6.61 Å². The van der Waals surface area contributed by atoms with Gasteiger partial charge in [-0.2, -0.15) is 0 Å². The summed E-state index contributed by atoms with van der Waals surface area (Å²) in [5.74, 6) is 0.139. The Hall–Kier alpha value is -1.55. The fourth-order valence-electron chi connectivity index (χ4n) is 3.02. The van der Waals surface area contributed by atoms with Gasteiger partial charge in [0.05, 0.1) is 12.1 Å². The Bertz CT molecular complexity index is 508. The van der Waals surface area contributed by atoms with Crippen LogP contribution in [0.25, 0.3) is 0 Å². The Kier molecular flexibility index (Phi) is 4.52. The molecule has 1 saturated heterocycles. The second-order valence-electron chi connectivity index (χ2n) is 7.17. The van der Waals surface area contributed by atoms with Gasteiger partial charge >= 0.3 is 6.09 Å². The second-order valence-corrected chi connectivity index (χ2v) is 7.17. The topological polar surface area (TPSA) is 38.8 Å². The van der Waals surface area contributed by atoms with Crippen LogP contribution in [0.4, 0.5) is 4.79 Å². The molecular formula is C18H27NO3. The predicted octanol–water partition coefficient (Wildman–Crippen LogP) is 4.16. The van der Waals surface area contributed by atoms with Crippen LogP contribution < -0.4 is 0 Å². The number of carbonyl (C=O) groups excluding carboxylic acids is 1. The maximum Gasteiger partial charge on any atom is 0.412 e. The van der Waals surface area contributed by atoms with E-state index < -0.39 is 5.72 Å². The van der Waals surface area contributed by atoms with E-state index in [1.807, 2.05) is 52.8 Å². The molecule has 1 amide bonds. The van der Waals surface area contributed by atoms with Crippen LogP contribution in [0.3, 0.4) is 0 Å². The van der Waals surface area contributed by atoms with Gasteiger partial charge in [-0.05, 0) is 40.2 Å². The third kappa shape index (κ3) is 3.27.